The number of nitrogens with two attached hydrogens (primary N) is 1. The van der Waals surface area contributed by atoms with Crippen LogP contribution >= 0.6 is 0 Å². The fourth-order valence-electron chi connectivity index (χ4n) is 2.56. The Morgan fingerprint density at radius 3 is 2.54 bits per heavy atom. The van der Waals surface area contributed by atoms with Crippen molar-refractivity contribution in [1.82, 2.24) is 4.90 Å². The Balaban J connectivity index is 2.10. The standard InChI is InChI=1S/C18H22FN3O3S/c1-3-22(12-14-6-4-7-15(19)10-14)13(2)18(23)21-16-8-5-9-17(11-16)26(20,24)25/h4-11,13H,3,12H2,1-2H3,(H,21,23)(H2,20,24,25)/t13-/m0/s1. The van der Waals surface area contributed by atoms with Gasteiger partial charge in [0.15, 0.2) is 0 Å². The number of benzene rings is 2. The molecular weight excluding hydrogens is 357 g/mol. The van der Waals surface area contributed by atoms with Crippen molar-refractivity contribution in [1.29, 1.82) is 0 Å². The Morgan fingerprint density at radius 1 is 1.23 bits per heavy atom. The number of primary sulfonamides is 1. The topological polar surface area (TPSA) is 92.5 Å². The summed E-state index contributed by atoms with van der Waals surface area (Å²) in [6.45, 7) is 4.65. The predicted octanol–water partition coefficient (Wildman–Crippen LogP) is 2.32. The van der Waals surface area contributed by atoms with Crippen LogP contribution < -0.4 is 10.5 Å². The van der Waals surface area contributed by atoms with Crippen LogP contribution in [-0.2, 0) is 21.4 Å². The van der Waals surface area contributed by atoms with Gasteiger partial charge in [0.05, 0.1) is 10.9 Å². The number of amides is 1. The third-order valence-corrected chi connectivity index (χ3v) is 4.95. The van der Waals surface area contributed by atoms with E-state index < -0.39 is 16.1 Å². The van der Waals surface area contributed by atoms with Gasteiger partial charge in [0, 0.05) is 12.2 Å². The van der Waals surface area contributed by atoms with Crippen LogP contribution in [0.25, 0.3) is 0 Å². The Morgan fingerprint density at radius 2 is 1.92 bits per heavy atom. The van der Waals surface area contributed by atoms with Gasteiger partial charge in [0.25, 0.3) is 0 Å². The summed E-state index contributed by atoms with van der Waals surface area (Å²) in [7, 11) is -3.84. The highest BCUT2D eigenvalue weighted by Crippen LogP contribution is 2.16. The summed E-state index contributed by atoms with van der Waals surface area (Å²) in [6.07, 6.45) is 0. The fraction of sp³-hybridized carbons (Fsp3) is 0.278. The largest absolute Gasteiger partial charge is 0.325 e. The monoisotopic (exact) mass is 379 g/mol. The molecule has 3 N–H and O–H groups in total. The van der Waals surface area contributed by atoms with E-state index in [-0.39, 0.29) is 16.6 Å². The summed E-state index contributed by atoms with van der Waals surface area (Å²) < 4.78 is 36.2. The average molecular weight is 379 g/mol. The lowest BCUT2D eigenvalue weighted by Crippen LogP contribution is -2.41. The summed E-state index contributed by atoms with van der Waals surface area (Å²) >= 11 is 0. The van der Waals surface area contributed by atoms with Gasteiger partial charge in [-0.25, -0.2) is 17.9 Å². The van der Waals surface area contributed by atoms with Crippen molar-refractivity contribution < 1.29 is 17.6 Å². The molecule has 0 aliphatic heterocycles. The van der Waals surface area contributed by atoms with Crippen LogP contribution in [0.5, 0.6) is 0 Å². The van der Waals surface area contributed by atoms with E-state index in [0.717, 1.165) is 5.56 Å². The molecule has 1 amide bonds. The zero-order chi connectivity index (χ0) is 19.3. The van der Waals surface area contributed by atoms with Gasteiger partial charge in [-0.1, -0.05) is 25.1 Å². The van der Waals surface area contributed by atoms with Crippen LogP contribution in [0, 0.1) is 5.82 Å². The average Bonchev–Trinajstić information content (AvgIpc) is 2.58. The van der Waals surface area contributed by atoms with Crippen molar-refractivity contribution in [2.24, 2.45) is 5.14 Å². The third kappa shape index (κ3) is 5.35. The summed E-state index contributed by atoms with van der Waals surface area (Å²) in [5.74, 6) is -0.620. The van der Waals surface area contributed by atoms with Crippen molar-refractivity contribution in [3.8, 4) is 0 Å². The molecule has 0 spiro atoms. The molecule has 140 valence electrons. The van der Waals surface area contributed by atoms with E-state index in [9.17, 15) is 17.6 Å². The molecule has 26 heavy (non-hydrogen) atoms. The fourth-order valence-corrected chi connectivity index (χ4v) is 3.12. The number of carbonyl (C=O) groups excluding carboxylic acids is 1. The molecule has 0 aromatic heterocycles. The number of anilines is 1. The van der Waals surface area contributed by atoms with Gasteiger partial charge in [0.1, 0.15) is 5.82 Å². The van der Waals surface area contributed by atoms with E-state index in [4.69, 9.17) is 5.14 Å². The molecule has 8 heteroatoms. The number of halogens is 1. The Labute approximate surface area is 152 Å². The number of nitrogens with zero attached hydrogens (tertiary/aromatic N) is 1. The molecule has 6 nitrogen and oxygen atoms in total. The first-order valence-corrected chi connectivity index (χ1v) is 9.67. The Kier molecular flexibility index (Phi) is 6.47. The molecule has 0 saturated carbocycles. The molecule has 2 aromatic carbocycles. The highest BCUT2D eigenvalue weighted by Gasteiger charge is 2.21. The number of sulfonamides is 1. The summed E-state index contributed by atoms with van der Waals surface area (Å²) in [5, 5.41) is 7.80. The summed E-state index contributed by atoms with van der Waals surface area (Å²) in [5.41, 5.74) is 1.11. The first kappa shape index (κ1) is 20.0. The molecule has 0 radical (unpaired) electrons. The lowest BCUT2D eigenvalue weighted by molar-refractivity contribution is -0.120. The van der Waals surface area contributed by atoms with E-state index in [1.807, 2.05) is 11.8 Å². The van der Waals surface area contributed by atoms with Crippen LogP contribution in [0.1, 0.15) is 19.4 Å². The van der Waals surface area contributed by atoms with Crippen LogP contribution in [0.2, 0.25) is 0 Å². The molecule has 0 fully saturated rings. The minimum absolute atomic E-state index is 0.0740. The molecule has 0 bridgehead atoms. The zero-order valence-corrected chi connectivity index (χ0v) is 15.5. The number of hydrogen-bond donors (Lipinski definition) is 2. The molecule has 0 heterocycles. The highest BCUT2D eigenvalue weighted by atomic mass is 32.2. The molecule has 1 atom stereocenters. The van der Waals surface area contributed by atoms with Crippen molar-refractivity contribution in [3.63, 3.8) is 0 Å². The summed E-state index contributed by atoms with van der Waals surface area (Å²) in [6, 6.07) is 11.5. The number of rotatable bonds is 7. The number of carbonyl (C=O) groups is 1. The first-order valence-electron chi connectivity index (χ1n) is 8.13. The molecule has 0 saturated heterocycles. The van der Waals surface area contributed by atoms with Crippen LogP contribution in [-0.4, -0.2) is 31.8 Å². The SMILES string of the molecule is CCN(Cc1cccc(F)c1)[C@@H](C)C(=O)Nc1cccc(S(N)(=O)=O)c1. The van der Waals surface area contributed by atoms with Gasteiger partial charge in [-0.15, -0.1) is 0 Å². The molecule has 0 aliphatic rings. The van der Waals surface area contributed by atoms with Gasteiger partial charge in [-0.3, -0.25) is 9.69 Å². The second-order valence-corrected chi connectivity index (χ2v) is 7.49. The second-order valence-electron chi connectivity index (χ2n) is 5.93. The third-order valence-electron chi connectivity index (χ3n) is 4.04. The van der Waals surface area contributed by atoms with Crippen molar-refractivity contribution in [2.45, 2.75) is 31.3 Å². The maximum atomic E-state index is 13.3. The van der Waals surface area contributed by atoms with Crippen LogP contribution in [0.15, 0.2) is 53.4 Å². The molecule has 0 aliphatic carbocycles. The second kappa shape index (κ2) is 8.39. The van der Waals surface area contributed by atoms with Gasteiger partial charge < -0.3 is 5.32 Å². The minimum Gasteiger partial charge on any atom is -0.325 e. The Bertz CT molecular complexity index is 887. The van der Waals surface area contributed by atoms with Gasteiger partial charge >= 0.3 is 0 Å². The normalized spacial score (nSPS) is 12.8. The number of nitrogens with one attached hydrogen (secondary N) is 1. The van der Waals surface area contributed by atoms with E-state index in [2.05, 4.69) is 5.32 Å². The van der Waals surface area contributed by atoms with Gasteiger partial charge in [-0.05, 0) is 49.4 Å². The van der Waals surface area contributed by atoms with Gasteiger partial charge in [0.2, 0.25) is 15.9 Å². The van der Waals surface area contributed by atoms with Crippen molar-refractivity contribution in [3.05, 3.63) is 59.9 Å². The lowest BCUT2D eigenvalue weighted by atomic mass is 10.1. The van der Waals surface area contributed by atoms with E-state index in [1.165, 1.54) is 30.3 Å². The van der Waals surface area contributed by atoms with Crippen LogP contribution in [0.4, 0.5) is 10.1 Å². The maximum Gasteiger partial charge on any atom is 0.241 e. The molecule has 0 unspecified atom stereocenters. The quantitative estimate of drug-likeness (QED) is 0.772. The first-order chi connectivity index (χ1) is 12.2. The zero-order valence-electron chi connectivity index (χ0n) is 14.6. The lowest BCUT2D eigenvalue weighted by Gasteiger charge is -2.27. The van der Waals surface area contributed by atoms with E-state index in [1.54, 1.807) is 25.1 Å². The summed E-state index contributed by atoms with van der Waals surface area (Å²) in [4.78, 5) is 14.3. The van der Waals surface area contributed by atoms with Crippen molar-refractivity contribution >= 4 is 21.6 Å². The van der Waals surface area contributed by atoms with Crippen LogP contribution in [0.3, 0.4) is 0 Å². The molecule has 2 rings (SSSR count). The van der Waals surface area contributed by atoms with E-state index in [0.29, 0.717) is 18.8 Å². The number of likely N-dealkylation sites (N-methyl/N-ethyl adjacent to an activating group) is 1. The number of hydrogen-bond acceptors (Lipinski definition) is 4. The maximum absolute atomic E-state index is 13.3. The van der Waals surface area contributed by atoms with E-state index >= 15 is 0 Å². The predicted molar refractivity (Wildman–Crippen MR) is 98.4 cm³/mol. The highest BCUT2D eigenvalue weighted by molar-refractivity contribution is 7.89. The molecular formula is C18H22FN3O3S. The molecule has 2 aromatic rings. The Hall–Kier alpha value is -2.29. The van der Waals surface area contributed by atoms with Gasteiger partial charge in [-0.2, -0.15) is 0 Å². The minimum atomic E-state index is -3.84. The van der Waals surface area contributed by atoms with Crippen molar-refractivity contribution in [2.75, 3.05) is 11.9 Å². The smallest absolute Gasteiger partial charge is 0.241 e.